The molecule has 0 saturated heterocycles. The SMILES string of the molecule is COCC(CCCl)NS(=O)(=O)c1ccc(C)s1. The highest BCUT2D eigenvalue weighted by Gasteiger charge is 2.21. The number of hydrogen-bond acceptors (Lipinski definition) is 4. The van der Waals surface area contributed by atoms with E-state index in [1.54, 1.807) is 12.1 Å². The number of hydrogen-bond donors (Lipinski definition) is 1. The monoisotopic (exact) mass is 297 g/mol. The van der Waals surface area contributed by atoms with E-state index in [1.165, 1.54) is 18.4 Å². The third kappa shape index (κ3) is 4.56. The first kappa shape index (κ1) is 14.9. The van der Waals surface area contributed by atoms with Gasteiger partial charge in [-0.15, -0.1) is 22.9 Å². The zero-order chi connectivity index (χ0) is 12.9. The first-order valence-corrected chi connectivity index (χ1v) is 7.96. The normalized spacial score (nSPS) is 13.8. The van der Waals surface area contributed by atoms with Gasteiger partial charge in [-0.3, -0.25) is 0 Å². The molecule has 4 nitrogen and oxygen atoms in total. The Labute approximate surface area is 111 Å². The Hall–Kier alpha value is -0.140. The molecule has 0 spiro atoms. The van der Waals surface area contributed by atoms with Crippen molar-refractivity contribution in [2.75, 3.05) is 19.6 Å². The lowest BCUT2D eigenvalue weighted by Gasteiger charge is -2.15. The molecule has 0 amide bonds. The summed E-state index contributed by atoms with van der Waals surface area (Å²) in [5.41, 5.74) is 0. The summed E-state index contributed by atoms with van der Waals surface area (Å²) in [5.74, 6) is 0.389. The molecule has 17 heavy (non-hydrogen) atoms. The van der Waals surface area contributed by atoms with E-state index in [0.717, 1.165) is 4.88 Å². The van der Waals surface area contributed by atoms with Gasteiger partial charge < -0.3 is 4.74 Å². The van der Waals surface area contributed by atoms with E-state index in [-0.39, 0.29) is 6.04 Å². The number of halogens is 1. The van der Waals surface area contributed by atoms with Gasteiger partial charge in [-0.05, 0) is 25.5 Å². The summed E-state index contributed by atoms with van der Waals surface area (Å²) in [6, 6.07) is 3.10. The first-order valence-electron chi connectivity index (χ1n) is 5.13. The van der Waals surface area contributed by atoms with Gasteiger partial charge in [-0.25, -0.2) is 13.1 Å². The highest BCUT2D eigenvalue weighted by Crippen LogP contribution is 2.20. The molecule has 98 valence electrons. The van der Waals surface area contributed by atoms with Crippen molar-refractivity contribution in [3.8, 4) is 0 Å². The number of thiophene rings is 1. The first-order chi connectivity index (χ1) is 7.99. The van der Waals surface area contributed by atoms with E-state index in [4.69, 9.17) is 16.3 Å². The fourth-order valence-electron chi connectivity index (χ4n) is 1.34. The van der Waals surface area contributed by atoms with E-state index in [9.17, 15) is 8.42 Å². The second-order valence-corrected chi connectivity index (χ2v) is 7.22. The van der Waals surface area contributed by atoms with Crippen LogP contribution in [0.5, 0.6) is 0 Å². The number of rotatable bonds is 7. The maximum absolute atomic E-state index is 12.0. The van der Waals surface area contributed by atoms with Crippen LogP contribution in [-0.4, -0.2) is 34.1 Å². The number of alkyl halides is 1. The minimum absolute atomic E-state index is 0.287. The molecule has 1 N–H and O–H groups in total. The number of methoxy groups -OCH3 is 1. The van der Waals surface area contributed by atoms with Crippen LogP contribution in [0.1, 0.15) is 11.3 Å². The Morgan fingerprint density at radius 2 is 2.24 bits per heavy atom. The molecule has 0 aliphatic carbocycles. The van der Waals surface area contributed by atoms with Gasteiger partial charge in [0.2, 0.25) is 10.0 Å². The predicted molar refractivity (Wildman–Crippen MR) is 70.4 cm³/mol. The number of nitrogens with one attached hydrogen (secondary N) is 1. The van der Waals surface area contributed by atoms with Gasteiger partial charge in [0, 0.05) is 23.9 Å². The van der Waals surface area contributed by atoms with Crippen LogP contribution in [-0.2, 0) is 14.8 Å². The van der Waals surface area contributed by atoms with Crippen molar-refractivity contribution in [3.63, 3.8) is 0 Å². The average molecular weight is 298 g/mol. The Kier molecular flexibility index (Phi) is 5.88. The van der Waals surface area contributed by atoms with Crippen molar-refractivity contribution in [2.24, 2.45) is 0 Å². The number of sulfonamides is 1. The topological polar surface area (TPSA) is 55.4 Å². The van der Waals surface area contributed by atoms with Crippen LogP contribution < -0.4 is 4.72 Å². The highest BCUT2D eigenvalue weighted by molar-refractivity contribution is 7.91. The molecule has 0 radical (unpaired) electrons. The maximum Gasteiger partial charge on any atom is 0.250 e. The smallest absolute Gasteiger partial charge is 0.250 e. The molecule has 0 saturated carbocycles. The van der Waals surface area contributed by atoms with Crippen LogP contribution in [0.15, 0.2) is 16.3 Å². The van der Waals surface area contributed by atoms with Gasteiger partial charge in [0.1, 0.15) is 4.21 Å². The van der Waals surface area contributed by atoms with Crippen LogP contribution in [0.25, 0.3) is 0 Å². The fourth-order valence-corrected chi connectivity index (χ4v) is 4.16. The summed E-state index contributed by atoms with van der Waals surface area (Å²) in [7, 11) is -1.92. The maximum atomic E-state index is 12.0. The predicted octanol–water partition coefficient (Wildman–Crippen LogP) is 1.98. The van der Waals surface area contributed by atoms with Gasteiger partial charge >= 0.3 is 0 Å². The van der Waals surface area contributed by atoms with Crippen molar-refractivity contribution >= 4 is 33.0 Å². The lowest BCUT2D eigenvalue weighted by molar-refractivity contribution is 0.173. The van der Waals surface area contributed by atoms with E-state index >= 15 is 0 Å². The Morgan fingerprint density at radius 1 is 1.53 bits per heavy atom. The van der Waals surface area contributed by atoms with Crippen LogP contribution in [0.2, 0.25) is 0 Å². The third-order valence-corrected chi connectivity index (χ3v) is 5.36. The van der Waals surface area contributed by atoms with Crippen LogP contribution in [0, 0.1) is 6.92 Å². The zero-order valence-electron chi connectivity index (χ0n) is 9.77. The molecule has 0 aromatic carbocycles. The molecule has 1 heterocycles. The number of ether oxygens (including phenoxy) is 1. The van der Waals surface area contributed by atoms with Crippen molar-refractivity contribution in [1.29, 1.82) is 0 Å². The molecular formula is C10H16ClNO3S2. The van der Waals surface area contributed by atoms with Gasteiger partial charge in [0.15, 0.2) is 0 Å². The quantitative estimate of drug-likeness (QED) is 0.783. The molecule has 0 fully saturated rings. The van der Waals surface area contributed by atoms with E-state index < -0.39 is 10.0 Å². The largest absolute Gasteiger partial charge is 0.383 e. The minimum atomic E-state index is -3.45. The summed E-state index contributed by atoms with van der Waals surface area (Å²) in [4.78, 5) is 0.964. The third-order valence-electron chi connectivity index (χ3n) is 2.13. The molecular weight excluding hydrogens is 282 g/mol. The van der Waals surface area contributed by atoms with Crippen molar-refractivity contribution in [3.05, 3.63) is 17.0 Å². The molecule has 7 heteroatoms. The fraction of sp³-hybridized carbons (Fsp3) is 0.600. The van der Waals surface area contributed by atoms with E-state index in [1.807, 2.05) is 6.92 Å². The van der Waals surface area contributed by atoms with Gasteiger partial charge in [0.25, 0.3) is 0 Å². The van der Waals surface area contributed by atoms with Crippen LogP contribution in [0.3, 0.4) is 0 Å². The van der Waals surface area contributed by atoms with Gasteiger partial charge in [0.05, 0.1) is 6.61 Å². The summed E-state index contributed by atoms with van der Waals surface area (Å²) in [6.45, 7) is 2.19. The lowest BCUT2D eigenvalue weighted by atomic mass is 10.3. The van der Waals surface area contributed by atoms with Crippen molar-refractivity contribution in [2.45, 2.75) is 23.6 Å². The average Bonchev–Trinajstić information content (AvgIpc) is 2.66. The Morgan fingerprint density at radius 3 is 2.71 bits per heavy atom. The molecule has 1 rings (SSSR count). The van der Waals surface area contributed by atoms with Crippen LogP contribution in [0.4, 0.5) is 0 Å². The molecule has 1 atom stereocenters. The van der Waals surface area contributed by atoms with Gasteiger partial charge in [-0.1, -0.05) is 0 Å². The van der Waals surface area contributed by atoms with E-state index in [0.29, 0.717) is 23.1 Å². The van der Waals surface area contributed by atoms with Gasteiger partial charge in [-0.2, -0.15) is 0 Å². The number of aryl methyl sites for hydroxylation is 1. The summed E-state index contributed by atoms with van der Waals surface area (Å²) in [5, 5.41) is 0. The minimum Gasteiger partial charge on any atom is -0.383 e. The molecule has 0 bridgehead atoms. The van der Waals surface area contributed by atoms with E-state index in [2.05, 4.69) is 4.72 Å². The summed E-state index contributed by atoms with van der Waals surface area (Å²) in [6.07, 6.45) is 0.541. The summed E-state index contributed by atoms with van der Waals surface area (Å²) >= 11 is 6.87. The lowest BCUT2D eigenvalue weighted by Crippen LogP contribution is -2.38. The second-order valence-electron chi connectivity index (χ2n) is 3.62. The van der Waals surface area contributed by atoms with Crippen molar-refractivity contribution in [1.82, 2.24) is 4.72 Å². The Bertz CT molecular complexity index is 438. The molecule has 1 aromatic heterocycles. The highest BCUT2D eigenvalue weighted by atomic mass is 35.5. The van der Waals surface area contributed by atoms with Crippen LogP contribution >= 0.6 is 22.9 Å². The molecule has 1 aromatic rings. The van der Waals surface area contributed by atoms with Crippen molar-refractivity contribution < 1.29 is 13.2 Å². The molecule has 1 unspecified atom stereocenters. The second kappa shape index (κ2) is 6.70. The zero-order valence-corrected chi connectivity index (χ0v) is 12.2. The Balaban J connectivity index is 2.77. The molecule has 0 aliphatic rings. The summed E-state index contributed by atoms with van der Waals surface area (Å²) < 4.78 is 31.9. The standard InChI is InChI=1S/C10H16ClNO3S2/c1-8-3-4-10(16-8)17(13,14)12-9(5-6-11)7-15-2/h3-4,9,12H,5-7H2,1-2H3. The molecule has 0 aliphatic heterocycles.